The van der Waals surface area contributed by atoms with Crippen molar-refractivity contribution in [2.45, 2.75) is 214 Å². The number of hydrogen-bond donors (Lipinski definition) is 1. The third-order valence-electron chi connectivity index (χ3n) is 11.2. The predicted octanol–water partition coefficient (Wildman–Crippen LogP) is 12.9. The molecule has 12 heteroatoms. The molecular weight excluding hydrogens is 794 g/mol. The van der Waals surface area contributed by atoms with Gasteiger partial charge in [0.1, 0.15) is 29.6 Å². The Bertz CT molecular complexity index is 1470. The minimum atomic E-state index is -4.38. The van der Waals surface area contributed by atoms with E-state index in [1.165, 1.54) is 93.9 Å². The third kappa shape index (κ3) is 28.1. The van der Waals surface area contributed by atoms with Crippen LogP contribution in [0.5, 0.6) is 0 Å². The summed E-state index contributed by atoms with van der Waals surface area (Å²) < 4.78 is 45.7. The highest BCUT2D eigenvalue weighted by atomic mass is 31.2. The van der Waals surface area contributed by atoms with Crippen molar-refractivity contribution in [3.63, 3.8) is 0 Å². The Labute approximate surface area is 370 Å². The van der Waals surface area contributed by atoms with Gasteiger partial charge in [-0.1, -0.05) is 117 Å². The molecule has 0 aromatic carbocycles. The Morgan fingerprint density at radius 2 is 1.07 bits per heavy atom. The van der Waals surface area contributed by atoms with Gasteiger partial charge in [-0.05, 0) is 89.7 Å². The van der Waals surface area contributed by atoms with Gasteiger partial charge in [0.2, 0.25) is 0 Å². The molecule has 0 aliphatic carbocycles. The molecule has 0 fully saturated rings. The van der Waals surface area contributed by atoms with Crippen LogP contribution in [0.2, 0.25) is 0 Å². The summed E-state index contributed by atoms with van der Waals surface area (Å²) in [4.78, 5) is 37.3. The fourth-order valence-corrected chi connectivity index (χ4v) is 8.22. The predicted molar refractivity (Wildman–Crippen MR) is 245 cm³/mol. The quantitative estimate of drug-likeness (QED) is 0.0389. The summed E-state index contributed by atoms with van der Waals surface area (Å²) in [5.41, 5.74) is 2.57. The summed E-state index contributed by atoms with van der Waals surface area (Å²) in [6.45, 7) is 8.47. The molecule has 0 aliphatic rings. The lowest BCUT2D eigenvalue weighted by Crippen LogP contribution is -2.29. The van der Waals surface area contributed by atoms with E-state index in [0.717, 1.165) is 101 Å². The second kappa shape index (κ2) is 34.0. The maximum absolute atomic E-state index is 12.8. The molecule has 0 bridgehead atoms. The molecule has 0 aliphatic heterocycles. The van der Waals surface area contributed by atoms with Crippen LogP contribution < -0.4 is 0 Å². The van der Waals surface area contributed by atoms with Crippen molar-refractivity contribution in [1.82, 2.24) is 4.90 Å². The van der Waals surface area contributed by atoms with Crippen LogP contribution in [0.3, 0.4) is 0 Å². The van der Waals surface area contributed by atoms with E-state index < -0.39 is 26.5 Å². The molecule has 2 rings (SSSR count). The van der Waals surface area contributed by atoms with Crippen molar-refractivity contribution in [3.8, 4) is 0 Å². The van der Waals surface area contributed by atoms with Crippen LogP contribution in [0.25, 0.3) is 0 Å². The molecule has 1 unspecified atom stereocenters. The minimum Gasteiger partial charge on any atom is -0.466 e. The van der Waals surface area contributed by atoms with Crippen LogP contribution >= 0.6 is 7.82 Å². The average Bonchev–Trinajstić information content (AvgIpc) is 3.75. The summed E-state index contributed by atoms with van der Waals surface area (Å²) >= 11 is 0. The van der Waals surface area contributed by atoms with Crippen molar-refractivity contribution >= 4 is 19.8 Å². The SMILES string of the molecule is CCCCCc1cc(C)c(CCCCCCCCCCCCC(=O)O[C@H](COC(=O)CCCCCCCCCCc2oc(CCC)cc2C)COP(=O)(O)OCCN(C)C)o1. The molecule has 2 heterocycles. The van der Waals surface area contributed by atoms with E-state index in [4.69, 9.17) is 27.4 Å². The first-order chi connectivity index (χ1) is 29.4. The first-order valence-electron chi connectivity index (χ1n) is 24.2. The number of likely N-dealkylation sites (N-methyl/N-ethyl adjacent to an activating group) is 1. The van der Waals surface area contributed by atoms with Crippen LogP contribution in [0.4, 0.5) is 0 Å². The number of phosphoric ester groups is 1. The second-order valence-electron chi connectivity index (χ2n) is 17.4. The van der Waals surface area contributed by atoms with Gasteiger partial charge in [0.15, 0.2) is 6.10 Å². The molecule has 352 valence electrons. The number of hydrogen-bond acceptors (Lipinski definition) is 10. The second-order valence-corrected chi connectivity index (χ2v) is 18.9. The van der Waals surface area contributed by atoms with Crippen LogP contribution in [0.15, 0.2) is 21.0 Å². The van der Waals surface area contributed by atoms with Crippen molar-refractivity contribution in [3.05, 3.63) is 46.3 Å². The number of ether oxygens (including phenoxy) is 2. The van der Waals surface area contributed by atoms with E-state index in [0.29, 0.717) is 13.0 Å². The zero-order valence-corrected chi connectivity index (χ0v) is 40.3. The zero-order chi connectivity index (χ0) is 44.6. The summed E-state index contributed by atoms with van der Waals surface area (Å²) in [5, 5.41) is 0. The van der Waals surface area contributed by atoms with Gasteiger partial charge in [0.05, 0.1) is 13.2 Å². The summed E-state index contributed by atoms with van der Waals surface area (Å²) in [6.07, 6.45) is 28.0. The molecule has 11 nitrogen and oxygen atoms in total. The van der Waals surface area contributed by atoms with E-state index in [-0.39, 0.29) is 32.0 Å². The molecule has 2 atom stereocenters. The summed E-state index contributed by atoms with van der Waals surface area (Å²) in [6, 6.07) is 4.40. The van der Waals surface area contributed by atoms with Gasteiger partial charge < -0.3 is 28.1 Å². The Kier molecular flexibility index (Phi) is 30.5. The first kappa shape index (κ1) is 54.7. The maximum atomic E-state index is 12.8. The fourth-order valence-electron chi connectivity index (χ4n) is 7.48. The Morgan fingerprint density at radius 3 is 1.56 bits per heavy atom. The first-order valence-corrected chi connectivity index (χ1v) is 25.7. The minimum absolute atomic E-state index is 0.00213. The monoisotopic (exact) mass is 880 g/mol. The van der Waals surface area contributed by atoms with Gasteiger partial charge in [-0.15, -0.1) is 0 Å². The van der Waals surface area contributed by atoms with Gasteiger partial charge in [-0.2, -0.15) is 0 Å². The highest BCUT2D eigenvalue weighted by Gasteiger charge is 2.26. The normalized spacial score (nSPS) is 13.2. The molecule has 0 amide bonds. The number of esters is 2. The van der Waals surface area contributed by atoms with E-state index >= 15 is 0 Å². The van der Waals surface area contributed by atoms with Crippen LogP contribution in [-0.4, -0.2) is 68.3 Å². The highest BCUT2D eigenvalue weighted by Crippen LogP contribution is 2.43. The van der Waals surface area contributed by atoms with Gasteiger partial charge in [0.25, 0.3) is 0 Å². The van der Waals surface area contributed by atoms with Gasteiger partial charge in [0, 0.05) is 45.1 Å². The molecule has 0 saturated heterocycles. The standard InChI is InChI=1S/C49H86NO10P/c1-7-9-24-30-44-38-42(4)47(59-44)32-26-20-16-12-10-11-13-19-23-28-34-49(52)60-45(40-57-61(53,54)56-36-35-50(5)6)39-55-48(51)33-27-22-18-15-14-17-21-25-31-46-41(3)37-43(58-46)29-8-2/h37-38,45H,7-36,39-40H2,1-6H3,(H,53,54)/t45-/m1/s1. The highest BCUT2D eigenvalue weighted by molar-refractivity contribution is 7.47. The van der Waals surface area contributed by atoms with E-state index in [2.05, 4.69) is 39.8 Å². The number of carbonyl (C=O) groups is 2. The van der Waals surface area contributed by atoms with Gasteiger partial charge >= 0.3 is 19.8 Å². The lowest BCUT2D eigenvalue weighted by Gasteiger charge is -2.20. The number of rotatable bonds is 40. The molecule has 0 spiro atoms. The van der Waals surface area contributed by atoms with Crippen LogP contribution in [-0.2, 0) is 58.4 Å². The maximum Gasteiger partial charge on any atom is 0.472 e. The molecule has 0 radical (unpaired) electrons. The Hall–Kier alpha value is -2.43. The number of carbonyl (C=O) groups excluding carboxylic acids is 2. The summed E-state index contributed by atoms with van der Waals surface area (Å²) in [7, 11) is -0.738. The topological polar surface area (TPSA) is 138 Å². The molecule has 1 N–H and O–H groups in total. The van der Waals surface area contributed by atoms with E-state index in [9.17, 15) is 19.0 Å². The van der Waals surface area contributed by atoms with Crippen molar-refractivity contribution in [2.75, 3.05) is 40.5 Å². The number of unbranched alkanes of at least 4 members (excludes halogenated alkanes) is 18. The molecular formula is C49H86NO10P. The summed E-state index contributed by atoms with van der Waals surface area (Å²) in [5.74, 6) is 3.72. The van der Waals surface area contributed by atoms with Crippen LogP contribution in [0, 0.1) is 13.8 Å². The molecule has 2 aromatic rings. The number of furan rings is 2. The van der Waals surface area contributed by atoms with E-state index in [1.54, 1.807) is 0 Å². The molecule has 2 aromatic heterocycles. The van der Waals surface area contributed by atoms with Gasteiger partial charge in [-0.3, -0.25) is 18.6 Å². The van der Waals surface area contributed by atoms with E-state index in [1.807, 2.05) is 19.0 Å². The van der Waals surface area contributed by atoms with Crippen LogP contribution in [0.1, 0.15) is 202 Å². The molecule has 61 heavy (non-hydrogen) atoms. The number of aryl methyl sites for hydroxylation is 6. The fraction of sp³-hybridized carbons (Fsp3) is 0.796. The lowest BCUT2D eigenvalue weighted by atomic mass is 10.0. The largest absolute Gasteiger partial charge is 0.472 e. The third-order valence-corrected chi connectivity index (χ3v) is 12.2. The van der Waals surface area contributed by atoms with Crippen molar-refractivity contribution in [2.24, 2.45) is 0 Å². The van der Waals surface area contributed by atoms with Gasteiger partial charge in [-0.25, -0.2) is 4.57 Å². The smallest absolute Gasteiger partial charge is 0.466 e. The Balaban J connectivity index is 1.57. The Morgan fingerprint density at radius 1 is 0.607 bits per heavy atom. The lowest BCUT2D eigenvalue weighted by molar-refractivity contribution is -0.161. The van der Waals surface area contributed by atoms with Crippen molar-refractivity contribution in [1.29, 1.82) is 0 Å². The average molecular weight is 880 g/mol. The molecule has 0 saturated carbocycles. The number of phosphoric acid groups is 1. The zero-order valence-electron chi connectivity index (χ0n) is 39.4. The van der Waals surface area contributed by atoms with Crippen molar-refractivity contribution < 1.29 is 46.4 Å². The number of nitrogens with zero attached hydrogens (tertiary/aromatic N) is 1.